The largest absolute Gasteiger partial charge is 0.369 e. The number of ether oxygens (including phenoxy) is 1. The fourth-order valence-electron chi connectivity index (χ4n) is 2.15. The van der Waals surface area contributed by atoms with Crippen LogP contribution in [0.2, 0.25) is 0 Å². The van der Waals surface area contributed by atoms with Crippen LogP contribution in [0.1, 0.15) is 33.1 Å². The molecule has 1 saturated heterocycles. The number of amides is 1. The van der Waals surface area contributed by atoms with Crippen LogP contribution in [0.15, 0.2) is 0 Å². The van der Waals surface area contributed by atoms with Crippen LogP contribution < -0.4 is 5.32 Å². The van der Waals surface area contributed by atoms with Gasteiger partial charge in [-0.2, -0.15) is 0 Å². The van der Waals surface area contributed by atoms with E-state index in [9.17, 15) is 4.79 Å². The SMILES string of the molecule is CNCCC1CCN(C(=O)COC(C)C)CC1. The van der Waals surface area contributed by atoms with E-state index in [1.54, 1.807) is 0 Å². The predicted molar refractivity (Wildman–Crippen MR) is 68.9 cm³/mol. The van der Waals surface area contributed by atoms with E-state index in [4.69, 9.17) is 4.74 Å². The van der Waals surface area contributed by atoms with Gasteiger partial charge in [0, 0.05) is 13.1 Å². The van der Waals surface area contributed by atoms with Crippen LogP contribution in [-0.2, 0) is 9.53 Å². The molecule has 0 aromatic heterocycles. The van der Waals surface area contributed by atoms with Crippen molar-refractivity contribution in [2.75, 3.05) is 33.3 Å². The Kier molecular flexibility index (Phi) is 6.52. The van der Waals surface area contributed by atoms with Crippen LogP contribution in [0.3, 0.4) is 0 Å². The molecule has 0 aromatic rings. The molecule has 0 unspecified atom stereocenters. The van der Waals surface area contributed by atoms with Gasteiger partial charge in [0.2, 0.25) is 5.91 Å². The molecule has 0 bridgehead atoms. The third kappa shape index (κ3) is 5.50. The minimum absolute atomic E-state index is 0.132. The van der Waals surface area contributed by atoms with E-state index in [0.29, 0.717) is 0 Å². The monoisotopic (exact) mass is 242 g/mol. The van der Waals surface area contributed by atoms with Crippen molar-refractivity contribution in [1.82, 2.24) is 10.2 Å². The van der Waals surface area contributed by atoms with E-state index in [1.807, 2.05) is 25.8 Å². The smallest absolute Gasteiger partial charge is 0.248 e. The molecule has 1 aliphatic rings. The predicted octanol–water partition coefficient (Wildman–Crippen LogP) is 1.26. The Morgan fingerprint density at radius 3 is 2.59 bits per heavy atom. The molecular formula is C13H26N2O2. The molecule has 0 radical (unpaired) electrons. The molecule has 0 saturated carbocycles. The highest BCUT2D eigenvalue weighted by molar-refractivity contribution is 5.77. The van der Waals surface area contributed by atoms with E-state index >= 15 is 0 Å². The van der Waals surface area contributed by atoms with Gasteiger partial charge < -0.3 is 15.0 Å². The van der Waals surface area contributed by atoms with E-state index in [-0.39, 0.29) is 18.6 Å². The van der Waals surface area contributed by atoms with Crippen LogP contribution >= 0.6 is 0 Å². The summed E-state index contributed by atoms with van der Waals surface area (Å²) in [7, 11) is 1.99. The molecular weight excluding hydrogens is 216 g/mol. The summed E-state index contributed by atoms with van der Waals surface area (Å²) in [6.07, 6.45) is 3.62. The van der Waals surface area contributed by atoms with Gasteiger partial charge in [-0.3, -0.25) is 4.79 Å². The van der Waals surface area contributed by atoms with Crippen LogP contribution in [0.25, 0.3) is 0 Å². The van der Waals surface area contributed by atoms with Gasteiger partial charge in [0.05, 0.1) is 6.10 Å². The molecule has 1 rings (SSSR count). The van der Waals surface area contributed by atoms with E-state index < -0.39 is 0 Å². The van der Waals surface area contributed by atoms with Gasteiger partial charge in [0.25, 0.3) is 0 Å². The summed E-state index contributed by atoms with van der Waals surface area (Å²) in [6, 6.07) is 0. The number of carbonyl (C=O) groups excluding carboxylic acids is 1. The highest BCUT2D eigenvalue weighted by atomic mass is 16.5. The minimum Gasteiger partial charge on any atom is -0.369 e. The van der Waals surface area contributed by atoms with Crippen molar-refractivity contribution in [3.8, 4) is 0 Å². The molecule has 0 aliphatic carbocycles. The number of nitrogens with zero attached hydrogens (tertiary/aromatic N) is 1. The van der Waals surface area contributed by atoms with Crippen LogP contribution in [0, 0.1) is 5.92 Å². The quantitative estimate of drug-likeness (QED) is 0.762. The summed E-state index contributed by atoms with van der Waals surface area (Å²) in [5, 5.41) is 3.18. The minimum atomic E-state index is 0.132. The Balaban J connectivity index is 2.19. The lowest BCUT2D eigenvalue weighted by Gasteiger charge is -2.32. The lowest BCUT2D eigenvalue weighted by molar-refractivity contribution is -0.139. The van der Waals surface area contributed by atoms with E-state index in [2.05, 4.69) is 5.32 Å². The molecule has 1 heterocycles. The first-order valence-corrected chi connectivity index (χ1v) is 6.67. The van der Waals surface area contributed by atoms with Crippen molar-refractivity contribution in [1.29, 1.82) is 0 Å². The molecule has 1 amide bonds. The zero-order valence-corrected chi connectivity index (χ0v) is 11.4. The van der Waals surface area contributed by atoms with Gasteiger partial charge in [-0.25, -0.2) is 0 Å². The third-order valence-corrected chi connectivity index (χ3v) is 3.31. The topological polar surface area (TPSA) is 41.6 Å². The average molecular weight is 242 g/mol. The van der Waals surface area contributed by atoms with Crippen LogP contribution in [0.4, 0.5) is 0 Å². The Bertz CT molecular complexity index is 223. The maximum absolute atomic E-state index is 11.8. The molecule has 4 nitrogen and oxygen atoms in total. The second kappa shape index (κ2) is 7.67. The molecule has 1 fully saturated rings. The molecule has 0 aromatic carbocycles. The normalized spacial score (nSPS) is 17.8. The van der Waals surface area contributed by atoms with Crippen molar-refractivity contribution >= 4 is 5.91 Å². The number of likely N-dealkylation sites (tertiary alicyclic amines) is 1. The zero-order chi connectivity index (χ0) is 12.7. The Labute approximate surface area is 105 Å². The van der Waals surface area contributed by atoms with Gasteiger partial charge in [-0.05, 0) is 52.6 Å². The number of rotatable bonds is 6. The van der Waals surface area contributed by atoms with Gasteiger partial charge in [-0.1, -0.05) is 0 Å². The Morgan fingerprint density at radius 1 is 1.41 bits per heavy atom. The van der Waals surface area contributed by atoms with Crippen molar-refractivity contribution in [3.63, 3.8) is 0 Å². The molecule has 17 heavy (non-hydrogen) atoms. The van der Waals surface area contributed by atoms with Crippen LogP contribution in [-0.4, -0.2) is 50.2 Å². The first-order valence-electron chi connectivity index (χ1n) is 6.67. The molecule has 0 atom stereocenters. The lowest BCUT2D eigenvalue weighted by Crippen LogP contribution is -2.41. The fraction of sp³-hybridized carbons (Fsp3) is 0.923. The second-order valence-electron chi connectivity index (χ2n) is 5.08. The van der Waals surface area contributed by atoms with Gasteiger partial charge in [-0.15, -0.1) is 0 Å². The first-order chi connectivity index (χ1) is 8.13. The van der Waals surface area contributed by atoms with Crippen molar-refractivity contribution < 1.29 is 9.53 Å². The molecule has 1 N–H and O–H groups in total. The lowest BCUT2D eigenvalue weighted by atomic mass is 9.93. The van der Waals surface area contributed by atoms with E-state index in [1.165, 1.54) is 6.42 Å². The summed E-state index contributed by atoms with van der Waals surface area (Å²) in [4.78, 5) is 13.8. The summed E-state index contributed by atoms with van der Waals surface area (Å²) in [5.74, 6) is 0.920. The fourth-order valence-corrected chi connectivity index (χ4v) is 2.15. The Morgan fingerprint density at radius 2 is 2.06 bits per heavy atom. The van der Waals surface area contributed by atoms with Gasteiger partial charge >= 0.3 is 0 Å². The van der Waals surface area contributed by atoms with Crippen molar-refractivity contribution in [2.45, 2.75) is 39.2 Å². The maximum atomic E-state index is 11.8. The first kappa shape index (κ1) is 14.5. The number of carbonyl (C=O) groups is 1. The standard InChI is InChI=1S/C13H26N2O2/c1-11(2)17-10-13(16)15-8-5-12(6-9-15)4-7-14-3/h11-12,14H,4-10H2,1-3H3. The number of hydrogen-bond acceptors (Lipinski definition) is 3. The number of nitrogens with one attached hydrogen (secondary N) is 1. The molecule has 0 spiro atoms. The second-order valence-corrected chi connectivity index (χ2v) is 5.08. The van der Waals surface area contributed by atoms with Crippen molar-refractivity contribution in [3.05, 3.63) is 0 Å². The molecule has 4 heteroatoms. The van der Waals surface area contributed by atoms with E-state index in [0.717, 1.165) is 38.4 Å². The Hall–Kier alpha value is -0.610. The zero-order valence-electron chi connectivity index (χ0n) is 11.4. The van der Waals surface area contributed by atoms with Gasteiger partial charge in [0.15, 0.2) is 0 Å². The number of piperidine rings is 1. The highest BCUT2D eigenvalue weighted by Crippen LogP contribution is 2.20. The summed E-state index contributed by atoms with van der Waals surface area (Å²) in [5.41, 5.74) is 0. The molecule has 100 valence electrons. The highest BCUT2D eigenvalue weighted by Gasteiger charge is 2.22. The summed E-state index contributed by atoms with van der Waals surface area (Å²) in [6.45, 7) is 7.02. The molecule has 1 aliphatic heterocycles. The summed E-state index contributed by atoms with van der Waals surface area (Å²) >= 11 is 0. The number of hydrogen-bond donors (Lipinski definition) is 1. The van der Waals surface area contributed by atoms with Gasteiger partial charge in [0.1, 0.15) is 6.61 Å². The maximum Gasteiger partial charge on any atom is 0.248 e. The van der Waals surface area contributed by atoms with Crippen LogP contribution in [0.5, 0.6) is 0 Å². The summed E-state index contributed by atoms with van der Waals surface area (Å²) < 4.78 is 5.35. The third-order valence-electron chi connectivity index (χ3n) is 3.31. The average Bonchev–Trinajstić information content (AvgIpc) is 2.34. The van der Waals surface area contributed by atoms with Crippen molar-refractivity contribution in [2.24, 2.45) is 5.92 Å².